The van der Waals surface area contributed by atoms with E-state index in [1.54, 1.807) is 0 Å². The molecule has 0 radical (unpaired) electrons. The highest BCUT2D eigenvalue weighted by atomic mass is 32.1. The van der Waals surface area contributed by atoms with Crippen LogP contribution in [0.5, 0.6) is 0 Å². The molecule has 0 aromatic carbocycles. The summed E-state index contributed by atoms with van der Waals surface area (Å²) >= 11 is 0.881. The van der Waals surface area contributed by atoms with Gasteiger partial charge in [0.05, 0.1) is 11.3 Å². The third-order valence-corrected chi connectivity index (χ3v) is 2.40. The van der Waals surface area contributed by atoms with Crippen LogP contribution in [-0.2, 0) is 0 Å². The topological polar surface area (TPSA) is 30.0 Å². The highest BCUT2D eigenvalue weighted by Crippen LogP contribution is 2.32. The molecule has 0 bridgehead atoms. The van der Waals surface area contributed by atoms with Crippen molar-refractivity contribution < 1.29 is 18.0 Å². The summed E-state index contributed by atoms with van der Waals surface area (Å²) in [5.74, 6) is -0.351. The molecule has 0 spiro atoms. The van der Waals surface area contributed by atoms with Crippen molar-refractivity contribution in [2.75, 3.05) is 0 Å². The van der Waals surface area contributed by atoms with Crippen LogP contribution in [-0.4, -0.2) is 16.9 Å². The first-order valence-electron chi connectivity index (χ1n) is 3.55. The number of aromatic nitrogens is 1. The molecule has 0 fully saturated rings. The van der Waals surface area contributed by atoms with E-state index in [-0.39, 0.29) is 16.5 Å². The van der Waals surface area contributed by atoms with Gasteiger partial charge in [-0.1, -0.05) is 6.58 Å². The van der Waals surface area contributed by atoms with Gasteiger partial charge in [-0.05, 0) is 0 Å². The highest BCUT2D eigenvalue weighted by Gasteiger charge is 2.34. The molecule has 0 N–H and O–H groups in total. The molecule has 0 saturated carbocycles. The molecule has 0 aliphatic heterocycles. The second kappa shape index (κ2) is 3.53. The summed E-state index contributed by atoms with van der Waals surface area (Å²) < 4.78 is 36.4. The summed E-state index contributed by atoms with van der Waals surface area (Å²) in [5, 5.41) is 1.23. The Hall–Kier alpha value is -1.17. The van der Waals surface area contributed by atoms with Crippen molar-refractivity contribution >= 4 is 22.7 Å². The molecule has 0 saturated heterocycles. The molecular formula is C8H6F3NOS. The first-order chi connectivity index (χ1) is 6.32. The Morgan fingerprint density at radius 2 is 2.14 bits per heavy atom. The van der Waals surface area contributed by atoms with Crippen LogP contribution in [0.2, 0.25) is 0 Å². The van der Waals surface area contributed by atoms with Crippen molar-refractivity contribution in [3.8, 4) is 0 Å². The van der Waals surface area contributed by atoms with Gasteiger partial charge in [0.2, 0.25) is 0 Å². The molecule has 0 unspecified atom stereocenters. The number of Topliss-reactive ketones (excluding diaryl/α,β-unsaturated/α-hetero) is 1. The number of hydrogen-bond donors (Lipinski definition) is 0. The Bertz CT molecular complexity index is 380. The van der Waals surface area contributed by atoms with E-state index in [0.717, 1.165) is 11.3 Å². The number of carbonyl (C=O) groups is 1. The maximum absolute atomic E-state index is 12.1. The lowest BCUT2D eigenvalue weighted by Crippen LogP contribution is -2.09. The fraction of sp³-hybridized carbons (Fsp3) is 0.250. The maximum Gasteiger partial charge on any atom is 0.417 e. The highest BCUT2D eigenvalue weighted by molar-refractivity contribution is 7.11. The van der Waals surface area contributed by atoms with Gasteiger partial charge in [0.1, 0.15) is 0 Å². The number of alkyl halides is 3. The molecule has 1 rings (SSSR count). The molecule has 6 heteroatoms. The van der Waals surface area contributed by atoms with Gasteiger partial charge in [-0.15, -0.1) is 11.3 Å². The van der Waals surface area contributed by atoms with Crippen molar-refractivity contribution in [2.24, 2.45) is 0 Å². The monoisotopic (exact) mass is 221 g/mol. The normalized spacial score (nSPS) is 11.4. The van der Waals surface area contributed by atoms with E-state index >= 15 is 0 Å². The van der Waals surface area contributed by atoms with Gasteiger partial charge in [-0.25, -0.2) is 4.98 Å². The first-order valence-corrected chi connectivity index (χ1v) is 4.43. The van der Waals surface area contributed by atoms with Crippen molar-refractivity contribution in [2.45, 2.75) is 13.1 Å². The van der Waals surface area contributed by atoms with E-state index in [9.17, 15) is 18.0 Å². The average molecular weight is 221 g/mol. The van der Waals surface area contributed by atoms with E-state index in [1.807, 2.05) is 0 Å². The minimum atomic E-state index is -4.50. The maximum atomic E-state index is 12.1. The number of carbonyl (C=O) groups excluding carboxylic acids is 1. The van der Waals surface area contributed by atoms with Gasteiger partial charge < -0.3 is 0 Å². The minimum absolute atomic E-state index is 0.0606. The van der Waals surface area contributed by atoms with Crippen LogP contribution in [0.4, 0.5) is 13.2 Å². The van der Waals surface area contributed by atoms with Gasteiger partial charge in [-0.3, -0.25) is 4.79 Å². The van der Waals surface area contributed by atoms with Crippen LogP contribution < -0.4 is 0 Å². The average Bonchev–Trinajstić information content (AvgIpc) is 2.48. The van der Waals surface area contributed by atoms with Crippen LogP contribution in [0.3, 0.4) is 0 Å². The third-order valence-electron chi connectivity index (χ3n) is 1.46. The molecule has 76 valence electrons. The van der Waals surface area contributed by atoms with Crippen LogP contribution >= 0.6 is 11.3 Å². The summed E-state index contributed by atoms with van der Waals surface area (Å²) in [6.45, 7) is 4.13. The van der Waals surface area contributed by atoms with Crippen LogP contribution in [0.1, 0.15) is 22.4 Å². The zero-order valence-electron chi connectivity index (χ0n) is 7.18. The van der Waals surface area contributed by atoms with Crippen molar-refractivity contribution in [3.63, 3.8) is 0 Å². The lowest BCUT2D eigenvalue weighted by molar-refractivity contribution is -0.0688. The molecule has 0 aliphatic rings. The summed E-state index contributed by atoms with van der Waals surface area (Å²) in [5.41, 5.74) is -1.31. The second-order valence-corrected chi connectivity index (χ2v) is 3.43. The van der Waals surface area contributed by atoms with Crippen molar-refractivity contribution in [1.29, 1.82) is 0 Å². The largest absolute Gasteiger partial charge is 0.417 e. The summed E-state index contributed by atoms with van der Waals surface area (Å²) in [7, 11) is 0. The lowest BCUT2D eigenvalue weighted by Gasteiger charge is -2.05. The standard InChI is InChI=1S/C8H6F3NOS/c1-4(8(9,10)11)6-3-14-7(12-6)5(2)13/h3H,1H2,2H3. The predicted molar refractivity (Wildman–Crippen MR) is 47.2 cm³/mol. The van der Waals surface area contributed by atoms with E-state index in [4.69, 9.17) is 0 Å². The zero-order chi connectivity index (χ0) is 10.9. The van der Waals surface area contributed by atoms with E-state index < -0.39 is 11.7 Å². The number of thiazole rings is 1. The van der Waals surface area contributed by atoms with Gasteiger partial charge in [-0.2, -0.15) is 13.2 Å². The molecule has 0 aliphatic carbocycles. The van der Waals surface area contributed by atoms with Crippen LogP contribution in [0, 0.1) is 0 Å². The second-order valence-electron chi connectivity index (χ2n) is 2.57. The molecular weight excluding hydrogens is 215 g/mol. The fourth-order valence-electron chi connectivity index (χ4n) is 0.719. The first kappa shape index (κ1) is 10.9. The fourth-order valence-corrected chi connectivity index (χ4v) is 1.45. The summed E-state index contributed by atoms with van der Waals surface area (Å²) in [6.07, 6.45) is -4.50. The molecule has 2 nitrogen and oxygen atoms in total. The molecule has 1 aromatic heterocycles. The number of nitrogens with zero attached hydrogens (tertiary/aromatic N) is 1. The molecule has 1 heterocycles. The Morgan fingerprint density at radius 1 is 1.57 bits per heavy atom. The van der Waals surface area contributed by atoms with Crippen LogP contribution in [0.25, 0.3) is 5.57 Å². The van der Waals surface area contributed by atoms with E-state index in [1.165, 1.54) is 12.3 Å². The molecule has 0 atom stereocenters. The van der Waals surface area contributed by atoms with E-state index in [2.05, 4.69) is 11.6 Å². The lowest BCUT2D eigenvalue weighted by atomic mass is 10.2. The minimum Gasteiger partial charge on any atom is -0.292 e. The van der Waals surface area contributed by atoms with Crippen molar-refractivity contribution in [3.05, 3.63) is 22.7 Å². The predicted octanol–water partition coefficient (Wildman–Crippen LogP) is 2.92. The third kappa shape index (κ3) is 2.20. The summed E-state index contributed by atoms with van der Waals surface area (Å²) in [6, 6.07) is 0. The van der Waals surface area contributed by atoms with Crippen molar-refractivity contribution in [1.82, 2.24) is 4.98 Å². The quantitative estimate of drug-likeness (QED) is 0.718. The van der Waals surface area contributed by atoms with Crippen LogP contribution in [0.15, 0.2) is 12.0 Å². The molecule has 0 amide bonds. The smallest absolute Gasteiger partial charge is 0.292 e. The molecule has 14 heavy (non-hydrogen) atoms. The number of rotatable bonds is 2. The SMILES string of the molecule is C=C(c1csc(C(C)=O)n1)C(F)(F)F. The summed E-state index contributed by atoms with van der Waals surface area (Å²) in [4.78, 5) is 14.3. The Balaban J connectivity index is 2.99. The number of halogens is 3. The Kier molecular flexibility index (Phi) is 2.75. The van der Waals surface area contributed by atoms with Gasteiger partial charge in [0.15, 0.2) is 10.8 Å². The molecule has 1 aromatic rings. The van der Waals surface area contributed by atoms with E-state index in [0.29, 0.717) is 0 Å². The number of hydrogen-bond acceptors (Lipinski definition) is 3. The van der Waals surface area contributed by atoms with Gasteiger partial charge in [0.25, 0.3) is 0 Å². The van der Waals surface area contributed by atoms with Gasteiger partial charge in [0, 0.05) is 12.3 Å². The Morgan fingerprint density at radius 3 is 2.50 bits per heavy atom. The van der Waals surface area contributed by atoms with Gasteiger partial charge >= 0.3 is 6.18 Å². The number of allylic oxidation sites excluding steroid dienone is 1. The Labute approximate surface area is 82.1 Å². The zero-order valence-corrected chi connectivity index (χ0v) is 8.00. The number of ketones is 1.